The van der Waals surface area contributed by atoms with Gasteiger partial charge in [-0.25, -0.2) is 4.98 Å². The molecule has 162 valence electrons. The number of anilines is 1. The molecule has 3 N–H and O–H groups in total. The molecular formula is C21H36N6O2. The minimum absolute atomic E-state index is 0.00261. The van der Waals surface area contributed by atoms with Crippen LogP contribution in [-0.4, -0.2) is 87.1 Å². The summed E-state index contributed by atoms with van der Waals surface area (Å²) in [5, 5.41) is 16.1. The average molecular weight is 405 g/mol. The number of ether oxygens (including phenoxy) is 1. The first-order chi connectivity index (χ1) is 14.2. The van der Waals surface area contributed by atoms with Crippen molar-refractivity contribution in [1.29, 1.82) is 0 Å². The molecule has 8 nitrogen and oxygen atoms in total. The number of piperazine rings is 1. The van der Waals surface area contributed by atoms with Crippen molar-refractivity contribution >= 4 is 11.8 Å². The fourth-order valence-corrected chi connectivity index (χ4v) is 3.99. The molecule has 1 unspecified atom stereocenters. The van der Waals surface area contributed by atoms with Gasteiger partial charge in [-0.05, 0) is 31.0 Å². The minimum atomic E-state index is -0.00261. The Bertz CT molecular complexity index is 637. The number of hydrogen-bond donors (Lipinski definition) is 3. The Labute approximate surface area is 174 Å². The van der Waals surface area contributed by atoms with Crippen LogP contribution in [0.5, 0.6) is 0 Å². The minimum Gasteiger partial charge on any atom is -0.396 e. The monoisotopic (exact) mass is 404 g/mol. The molecule has 1 aromatic heterocycles. The summed E-state index contributed by atoms with van der Waals surface area (Å²) in [6.07, 6.45) is 3.66. The second kappa shape index (κ2) is 10.8. The molecule has 29 heavy (non-hydrogen) atoms. The van der Waals surface area contributed by atoms with E-state index in [-0.39, 0.29) is 12.0 Å². The Morgan fingerprint density at radius 3 is 2.69 bits per heavy atom. The molecule has 3 rings (SSSR count). The van der Waals surface area contributed by atoms with Crippen LogP contribution in [0, 0.1) is 5.41 Å². The smallest absolute Gasteiger partial charge is 0.191 e. The van der Waals surface area contributed by atoms with Crippen molar-refractivity contribution in [3.63, 3.8) is 0 Å². The number of rotatable bonds is 8. The van der Waals surface area contributed by atoms with E-state index in [1.165, 1.54) is 0 Å². The lowest BCUT2D eigenvalue weighted by atomic mass is 9.84. The molecule has 2 saturated heterocycles. The maximum absolute atomic E-state index is 9.37. The van der Waals surface area contributed by atoms with Gasteiger partial charge < -0.3 is 30.3 Å². The van der Waals surface area contributed by atoms with Crippen LogP contribution in [0.4, 0.5) is 5.82 Å². The summed E-state index contributed by atoms with van der Waals surface area (Å²) in [6, 6.07) is 4.24. The van der Waals surface area contributed by atoms with Crippen molar-refractivity contribution in [3.05, 3.63) is 23.9 Å². The van der Waals surface area contributed by atoms with E-state index in [9.17, 15) is 5.11 Å². The normalized spacial score (nSPS) is 23.4. The largest absolute Gasteiger partial charge is 0.396 e. The van der Waals surface area contributed by atoms with Crippen LogP contribution in [0.1, 0.15) is 25.3 Å². The number of guanidine groups is 1. The van der Waals surface area contributed by atoms with Crippen LogP contribution in [0.15, 0.2) is 23.3 Å². The van der Waals surface area contributed by atoms with Crippen LogP contribution >= 0.6 is 0 Å². The average Bonchev–Trinajstić information content (AvgIpc) is 3.23. The molecule has 0 radical (unpaired) electrons. The molecule has 1 atom stereocenters. The highest BCUT2D eigenvalue weighted by Gasteiger charge is 2.34. The number of likely N-dealkylation sites (N-methyl/N-ethyl adjacent to an activating group) is 1. The first kappa shape index (κ1) is 21.8. The van der Waals surface area contributed by atoms with E-state index >= 15 is 0 Å². The molecule has 0 saturated carbocycles. The molecule has 0 aromatic carbocycles. The van der Waals surface area contributed by atoms with Crippen molar-refractivity contribution < 1.29 is 9.84 Å². The van der Waals surface area contributed by atoms with Crippen LogP contribution < -0.4 is 15.5 Å². The molecule has 3 heterocycles. The molecule has 1 aromatic rings. The molecule has 2 aliphatic heterocycles. The topological polar surface area (TPSA) is 85.2 Å². The molecule has 0 aliphatic carbocycles. The molecule has 2 aliphatic rings. The quantitative estimate of drug-likeness (QED) is 0.434. The number of aliphatic imine (C=N–C) groups is 1. The number of hydrogen-bond acceptors (Lipinski definition) is 6. The van der Waals surface area contributed by atoms with Crippen molar-refractivity contribution in [1.82, 2.24) is 20.5 Å². The van der Waals surface area contributed by atoms with Crippen LogP contribution in [0.3, 0.4) is 0 Å². The van der Waals surface area contributed by atoms with Crippen LogP contribution in [-0.2, 0) is 11.3 Å². The molecule has 8 heteroatoms. The standard InChI is InChI=1S/C21H36N6O2/c1-3-26-8-10-27(11-9-26)19-5-4-18(14-23-19)15-24-20(22-2)25-16-21(6-12-28)7-13-29-17-21/h4-5,14,28H,3,6-13,15-17H2,1-2H3,(H2,22,24,25). The summed E-state index contributed by atoms with van der Waals surface area (Å²) < 4.78 is 5.56. The van der Waals surface area contributed by atoms with Gasteiger partial charge in [-0.1, -0.05) is 13.0 Å². The second-order valence-electron chi connectivity index (χ2n) is 8.00. The predicted molar refractivity (Wildman–Crippen MR) is 116 cm³/mol. The second-order valence-corrected chi connectivity index (χ2v) is 8.00. The first-order valence-electron chi connectivity index (χ1n) is 10.7. The Kier molecular flexibility index (Phi) is 8.09. The number of pyridine rings is 1. The van der Waals surface area contributed by atoms with Crippen molar-refractivity contribution in [2.75, 3.05) is 71.0 Å². The van der Waals surface area contributed by atoms with Gasteiger partial charge in [0.2, 0.25) is 0 Å². The van der Waals surface area contributed by atoms with Gasteiger partial charge in [-0.15, -0.1) is 0 Å². The summed E-state index contributed by atoms with van der Waals surface area (Å²) in [4.78, 5) is 13.8. The van der Waals surface area contributed by atoms with Gasteiger partial charge in [0, 0.05) is 71.1 Å². The molecule has 0 amide bonds. The maximum Gasteiger partial charge on any atom is 0.191 e. The molecule has 0 spiro atoms. The van der Waals surface area contributed by atoms with E-state index in [0.717, 1.165) is 76.1 Å². The van der Waals surface area contributed by atoms with Gasteiger partial charge in [0.25, 0.3) is 0 Å². The van der Waals surface area contributed by atoms with E-state index in [4.69, 9.17) is 4.74 Å². The summed E-state index contributed by atoms with van der Waals surface area (Å²) >= 11 is 0. The van der Waals surface area contributed by atoms with Gasteiger partial charge in [0.15, 0.2) is 5.96 Å². The van der Waals surface area contributed by atoms with Gasteiger partial charge in [0.1, 0.15) is 5.82 Å². The van der Waals surface area contributed by atoms with E-state index < -0.39 is 0 Å². The SMILES string of the molecule is CCN1CCN(c2ccc(CNC(=NC)NCC3(CCO)CCOC3)cn2)CC1. The lowest BCUT2D eigenvalue weighted by Gasteiger charge is -2.34. The van der Waals surface area contributed by atoms with Crippen LogP contribution in [0.25, 0.3) is 0 Å². The Hall–Kier alpha value is -1.90. The molecule has 0 bridgehead atoms. The van der Waals surface area contributed by atoms with Gasteiger partial charge >= 0.3 is 0 Å². The fraction of sp³-hybridized carbons (Fsp3) is 0.714. The zero-order valence-corrected chi connectivity index (χ0v) is 17.9. The Morgan fingerprint density at radius 1 is 1.28 bits per heavy atom. The third-order valence-electron chi connectivity index (χ3n) is 6.09. The number of aliphatic hydroxyl groups excluding tert-OH is 1. The Morgan fingerprint density at radius 2 is 2.10 bits per heavy atom. The van der Waals surface area contributed by atoms with Gasteiger partial charge in [-0.3, -0.25) is 4.99 Å². The zero-order valence-electron chi connectivity index (χ0n) is 17.9. The third kappa shape index (κ3) is 6.04. The third-order valence-corrected chi connectivity index (χ3v) is 6.09. The number of nitrogens with zero attached hydrogens (tertiary/aromatic N) is 4. The number of nitrogens with one attached hydrogen (secondary N) is 2. The summed E-state index contributed by atoms with van der Waals surface area (Å²) in [5.74, 6) is 1.81. The summed E-state index contributed by atoms with van der Waals surface area (Å²) in [7, 11) is 1.77. The Balaban J connectivity index is 1.46. The van der Waals surface area contributed by atoms with Gasteiger partial charge in [0.05, 0.1) is 6.61 Å². The maximum atomic E-state index is 9.37. The lowest BCUT2D eigenvalue weighted by molar-refractivity contribution is 0.127. The van der Waals surface area contributed by atoms with Crippen LogP contribution in [0.2, 0.25) is 0 Å². The first-order valence-corrected chi connectivity index (χ1v) is 10.7. The predicted octanol–water partition coefficient (Wildman–Crippen LogP) is 0.678. The zero-order chi connectivity index (χ0) is 20.5. The van der Waals surface area contributed by atoms with Crippen molar-refractivity contribution in [3.8, 4) is 0 Å². The lowest BCUT2D eigenvalue weighted by Crippen LogP contribution is -2.46. The van der Waals surface area contributed by atoms with E-state index in [1.54, 1.807) is 7.05 Å². The molecular weight excluding hydrogens is 368 g/mol. The van der Waals surface area contributed by atoms with Crippen molar-refractivity contribution in [2.24, 2.45) is 10.4 Å². The van der Waals surface area contributed by atoms with Crippen molar-refractivity contribution in [2.45, 2.75) is 26.3 Å². The number of aromatic nitrogens is 1. The van der Waals surface area contributed by atoms with Gasteiger partial charge in [-0.2, -0.15) is 0 Å². The summed E-state index contributed by atoms with van der Waals surface area (Å²) in [6.45, 7) is 10.7. The highest BCUT2D eigenvalue weighted by atomic mass is 16.5. The number of aliphatic hydroxyl groups is 1. The fourth-order valence-electron chi connectivity index (χ4n) is 3.99. The highest BCUT2D eigenvalue weighted by Crippen LogP contribution is 2.31. The molecule has 2 fully saturated rings. The summed E-state index contributed by atoms with van der Waals surface area (Å²) in [5.41, 5.74) is 1.12. The van der Waals surface area contributed by atoms with E-state index in [0.29, 0.717) is 13.2 Å². The van der Waals surface area contributed by atoms with E-state index in [2.05, 4.69) is 49.5 Å². The highest BCUT2D eigenvalue weighted by molar-refractivity contribution is 5.79. The van der Waals surface area contributed by atoms with E-state index in [1.807, 2.05) is 6.20 Å².